The van der Waals surface area contributed by atoms with Crippen molar-refractivity contribution in [1.82, 2.24) is 19.4 Å². The zero-order chi connectivity index (χ0) is 35.3. The molecule has 0 bridgehead atoms. The Bertz CT molecular complexity index is 1900. The van der Waals surface area contributed by atoms with E-state index in [1.807, 2.05) is 0 Å². The fourth-order valence-corrected chi connectivity index (χ4v) is 5.56. The first-order chi connectivity index (χ1) is 21.7. The number of rotatable bonds is 8. The van der Waals surface area contributed by atoms with E-state index in [0.717, 1.165) is 9.13 Å². The first-order valence-electron chi connectivity index (χ1n) is 14.8. The molecule has 2 heterocycles. The molecule has 0 aliphatic carbocycles. The van der Waals surface area contributed by atoms with Gasteiger partial charge >= 0.3 is 12.2 Å². The van der Waals surface area contributed by atoms with Gasteiger partial charge in [-0.25, -0.2) is 27.6 Å². The Morgan fingerprint density at radius 2 is 1.53 bits per heavy atom. The molecule has 0 saturated heterocycles. The molecule has 14 nitrogen and oxygen atoms in total. The Balaban J connectivity index is 1.88. The van der Waals surface area contributed by atoms with Crippen LogP contribution in [0, 0.1) is 20.8 Å². The number of pyridine rings is 1. The summed E-state index contributed by atoms with van der Waals surface area (Å²) in [4.78, 5) is 60.3. The van der Waals surface area contributed by atoms with Crippen LogP contribution in [0.15, 0.2) is 52.3 Å². The van der Waals surface area contributed by atoms with Crippen LogP contribution in [0.2, 0.25) is 0 Å². The quantitative estimate of drug-likeness (QED) is 0.360. The minimum Gasteiger partial charge on any atom is -0.443 e. The van der Waals surface area contributed by atoms with Crippen LogP contribution in [0.3, 0.4) is 0 Å². The molecule has 0 saturated carbocycles. The van der Waals surface area contributed by atoms with Gasteiger partial charge in [-0.1, -0.05) is 30.3 Å². The summed E-state index contributed by atoms with van der Waals surface area (Å²) >= 11 is 0. The molecule has 0 unspecified atom stereocenters. The molecule has 0 aliphatic rings. The minimum absolute atomic E-state index is 0.101. The van der Waals surface area contributed by atoms with Crippen molar-refractivity contribution in [3.05, 3.63) is 86.6 Å². The number of hydrogen-bond acceptors (Lipinski definition) is 9. The fourth-order valence-electron chi connectivity index (χ4n) is 4.37. The third-order valence-electron chi connectivity index (χ3n) is 6.46. The maximum atomic E-state index is 13.2. The highest BCUT2D eigenvalue weighted by Crippen LogP contribution is 2.15. The number of carbonyl (C=O) groups excluding carboxylic acids is 3. The topological polar surface area (TPSA) is 180 Å². The van der Waals surface area contributed by atoms with Crippen molar-refractivity contribution in [1.29, 1.82) is 0 Å². The number of nitrogens with zero attached hydrogens (tertiary/aromatic N) is 4. The zero-order valence-corrected chi connectivity index (χ0v) is 28.9. The molecule has 0 fully saturated rings. The molecule has 3 rings (SSSR count). The van der Waals surface area contributed by atoms with Gasteiger partial charge in [0.1, 0.15) is 23.4 Å². The molecule has 3 aromatic rings. The van der Waals surface area contributed by atoms with Gasteiger partial charge in [-0.2, -0.15) is 0 Å². The van der Waals surface area contributed by atoms with E-state index in [4.69, 9.17) is 9.47 Å². The molecule has 2 aromatic heterocycles. The molecule has 2 amide bonds. The molecule has 0 spiro atoms. The number of sulfonamides is 1. The number of aryl methyl sites for hydroxylation is 2. The van der Waals surface area contributed by atoms with Gasteiger partial charge < -0.3 is 19.4 Å². The van der Waals surface area contributed by atoms with E-state index in [1.54, 1.807) is 92.6 Å². The summed E-state index contributed by atoms with van der Waals surface area (Å²) in [6, 6.07) is 11.4. The van der Waals surface area contributed by atoms with E-state index in [2.05, 4.69) is 20.0 Å². The number of amides is 2. The minimum atomic E-state index is -3.91. The Labute approximate surface area is 273 Å². The average Bonchev–Trinajstić information content (AvgIpc) is 2.90. The third-order valence-corrected chi connectivity index (χ3v) is 7.70. The number of ether oxygens (including phenoxy) is 2. The van der Waals surface area contributed by atoms with E-state index in [0.29, 0.717) is 28.2 Å². The summed E-state index contributed by atoms with van der Waals surface area (Å²) in [6.07, 6.45) is -1.79. The van der Waals surface area contributed by atoms with Crippen LogP contribution in [0.25, 0.3) is 0 Å². The van der Waals surface area contributed by atoms with Gasteiger partial charge in [0.2, 0.25) is 21.5 Å². The second kappa shape index (κ2) is 14.3. The summed E-state index contributed by atoms with van der Waals surface area (Å²) in [7, 11) is -3.91. The van der Waals surface area contributed by atoms with Gasteiger partial charge in [0.15, 0.2) is 0 Å². The number of hydrogen-bond donors (Lipinski definition) is 2. The van der Waals surface area contributed by atoms with Crippen LogP contribution >= 0.6 is 0 Å². The van der Waals surface area contributed by atoms with E-state index >= 15 is 0 Å². The standard InChI is InChI=1S/C32H42N6O8S/c1-20-15-16-25(36-47(43,44)19-23-13-11-10-12-14-23)27(40)37(20)18-26(39)33-17-24-21(2)34-28(35-29(41)45-31(4,5)6)38(22(24)3)30(42)46-32(7,8)9/h10-16,36H,17-19H2,1-9H3,(H,33,39). The maximum Gasteiger partial charge on any atom is 0.437 e. The summed E-state index contributed by atoms with van der Waals surface area (Å²) in [6.45, 7) is 14.4. The van der Waals surface area contributed by atoms with Gasteiger partial charge in [-0.15, -0.1) is 4.99 Å². The van der Waals surface area contributed by atoms with Crippen LogP contribution < -0.4 is 21.2 Å². The van der Waals surface area contributed by atoms with Crippen molar-refractivity contribution in [2.75, 3.05) is 4.72 Å². The van der Waals surface area contributed by atoms with Crippen molar-refractivity contribution in [2.45, 2.75) is 92.4 Å². The second-order valence-electron chi connectivity index (χ2n) is 12.9. The molecule has 1 aromatic carbocycles. The Hall–Kier alpha value is -4.79. The van der Waals surface area contributed by atoms with Crippen LogP contribution in [0.1, 0.15) is 69.8 Å². The monoisotopic (exact) mass is 670 g/mol. The van der Waals surface area contributed by atoms with Gasteiger partial charge in [0.25, 0.3) is 5.56 Å². The molecule has 0 radical (unpaired) electrons. The zero-order valence-electron chi connectivity index (χ0n) is 28.1. The highest BCUT2D eigenvalue weighted by molar-refractivity contribution is 7.91. The van der Waals surface area contributed by atoms with Crippen LogP contribution in [0.4, 0.5) is 15.3 Å². The predicted molar refractivity (Wildman–Crippen MR) is 175 cm³/mol. The molecule has 2 N–H and O–H groups in total. The summed E-state index contributed by atoms with van der Waals surface area (Å²) in [5.74, 6) is -0.897. The number of benzene rings is 1. The molecule has 254 valence electrons. The smallest absolute Gasteiger partial charge is 0.437 e. The van der Waals surface area contributed by atoms with Gasteiger partial charge in [0, 0.05) is 29.2 Å². The third kappa shape index (κ3) is 10.6. The summed E-state index contributed by atoms with van der Waals surface area (Å²) in [5.41, 5.74) is -0.768. The van der Waals surface area contributed by atoms with E-state index in [-0.39, 0.29) is 23.6 Å². The lowest BCUT2D eigenvalue weighted by Crippen LogP contribution is -2.40. The van der Waals surface area contributed by atoms with Crippen molar-refractivity contribution in [3.8, 4) is 0 Å². The van der Waals surface area contributed by atoms with Crippen LogP contribution in [-0.4, -0.2) is 51.8 Å². The highest BCUT2D eigenvalue weighted by atomic mass is 32.2. The SMILES string of the molecule is Cc1nc(=NC(=O)OC(C)(C)C)n(C(=O)OC(C)(C)C)c(C)c1CNC(=O)Cn1c(C)ccc(NS(=O)(=O)Cc2ccccc2)c1=O. The number of nitrogens with one attached hydrogen (secondary N) is 2. The van der Waals surface area contributed by atoms with Crippen LogP contribution in [-0.2, 0) is 43.1 Å². The first kappa shape index (κ1) is 36.7. The Kier molecular flexibility index (Phi) is 11.2. The van der Waals surface area contributed by atoms with Gasteiger partial charge in [-0.3, -0.25) is 14.3 Å². The van der Waals surface area contributed by atoms with E-state index in [1.165, 1.54) is 12.1 Å². The Morgan fingerprint density at radius 1 is 0.915 bits per heavy atom. The van der Waals surface area contributed by atoms with Crippen molar-refractivity contribution < 1.29 is 32.3 Å². The predicted octanol–water partition coefficient (Wildman–Crippen LogP) is 3.85. The summed E-state index contributed by atoms with van der Waals surface area (Å²) in [5, 5.41) is 2.72. The normalized spacial score (nSPS) is 12.4. The lowest BCUT2D eigenvalue weighted by atomic mass is 10.1. The average molecular weight is 671 g/mol. The van der Waals surface area contributed by atoms with E-state index in [9.17, 15) is 27.6 Å². The molecule has 0 aliphatic heterocycles. The van der Waals surface area contributed by atoms with Gasteiger partial charge in [0.05, 0.1) is 5.75 Å². The molecular weight excluding hydrogens is 628 g/mol. The largest absolute Gasteiger partial charge is 0.443 e. The molecular formula is C32H42N6O8S. The lowest BCUT2D eigenvalue weighted by molar-refractivity contribution is -0.121. The first-order valence-corrected chi connectivity index (χ1v) is 16.4. The fraction of sp³-hybridized carbons (Fsp3) is 0.438. The lowest BCUT2D eigenvalue weighted by Gasteiger charge is -2.22. The van der Waals surface area contributed by atoms with E-state index < -0.39 is 51.4 Å². The maximum absolute atomic E-state index is 13.2. The van der Waals surface area contributed by atoms with Crippen molar-refractivity contribution >= 4 is 33.8 Å². The molecule has 15 heteroatoms. The number of anilines is 1. The Morgan fingerprint density at radius 3 is 2.13 bits per heavy atom. The second-order valence-corrected chi connectivity index (χ2v) is 14.6. The molecule has 47 heavy (non-hydrogen) atoms. The number of carbonyl (C=O) groups is 3. The highest BCUT2D eigenvalue weighted by Gasteiger charge is 2.24. The van der Waals surface area contributed by atoms with Crippen LogP contribution in [0.5, 0.6) is 0 Å². The van der Waals surface area contributed by atoms with Gasteiger partial charge in [-0.05, 0) is 80.0 Å². The van der Waals surface area contributed by atoms with Crippen molar-refractivity contribution in [3.63, 3.8) is 0 Å². The number of aromatic nitrogens is 3. The van der Waals surface area contributed by atoms with Crippen molar-refractivity contribution in [2.24, 2.45) is 4.99 Å². The summed E-state index contributed by atoms with van der Waals surface area (Å²) < 4.78 is 40.8. The molecule has 0 atom stereocenters.